The topological polar surface area (TPSA) is 124 Å². The molecule has 0 saturated carbocycles. The molecule has 0 saturated heterocycles. The van der Waals surface area contributed by atoms with E-state index in [9.17, 15) is 5.11 Å². The van der Waals surface area contributed by atoms with Gasteiger partial charge in [0.25, 0.3) is 0 Å². The summed E-state index contributed by atoms with van der Waals surface area (Å²) in [6.45, 7) is 2.40. The third-order valence-electron chi connectivity index (χ3n) is 4.17. The zero-order valence-corrected chi connectivity index (χ0v) is 15.8. The number of aromatic nitrogens is 5. The summed E-state index contributed by atoms with van der Waals surface area (Å²) in [6.07, 6.45) is 5.84. The molecular formula is C19H25N7O2. The van der Waals surface area contributed by atoms with E-state index in [0.717, 1.165) is 18.5 Å². The highest BCUT2D eigenvalue weighted by Gasteiger charge is 2.14. The number of para-hydroxylation sites is 1. The van der Waals surface area contributed by atoms with E-state index in [1.807, 2.05) is 36.5 Å². The van der Waals surface area contributed by atoms with Gasteiger partial charge < -0.3 is 20.9 Å². The van der Waals surface area contributed by atoms with Crippen molar-refractivity contribution in [3.63, 3.8) is 0 Å². The van der Waals surface area contributed by atoms with Crippen molar-refractivity contribution >= 4 is 11.8 Å². The van der Waals surface area contributed by atoms with Gasteiger partial charge in [0.1, 0.15) is 12.3 Å². The number of nitrogens with two attached hydrogens (primary N) is 1. The van der Waals surface area contributed by atoms with Gasteiger partial charge in [-0.1, -0.05) is 36.8 Å². The molecule has 3 rings (SSSR count). The summed E-state index contributed by atoms with van der Waals surface area (Å²) in [7, 11) is 0. The van der Waals surface area contributed by atoms with Crippen LogP contribution in [0.2, 0.25) is 0 Å². The monoisotopic (exact) mass is 383 g/mol. The summed E-state index contributed by atoms with van der Waals surface area (Å²) in [6, 6.07) is 9.80. The Morgan fingerprint density at radius 2 is 2.07 bits per heavy atom. The largest absolute Gasteiger partial charge is 0.482 e. The van der Waals surface area contributed by atoms with Crippen molar-refractivity contribution in [2.24, 2.45) is 0 Å². The fourth-order valence-electron chi connectivity index (χ4n) is 2.80. The summed E-state index contributed by atoms with van der Waals surface area (Å²) < 4.78 is 7.55. The smallest absolute Gasteiger partial charge is 0.222 e. The minimum atomic E-state index is 0.0746. The number of nitrogen functional groups attached to an aromatic ring is 1. The average Bonchev–Trinajstić information content (AvgIpc) is 3.18. The fourth-order valence-corrected chi connectivity index (χ4v) is 2.80. The minimum absolute atomic E-state index is 0.0746. The summed E-state index contributed by atoms with van der Waals surface area (Å²) >= 11 is 0. The van der Waals surface area contributed by atoms with E-state index in [2.05, 4.69) is 32.5 Å². The maximum absolute atomic E-state index is 9.27. The Bertz CT molecular complexity index is 864. The molecule has 1 atom stereocenters. The first-order chi connectivity index (χ1) is 13.7. The van der Waals surface area contributed by atoms with Crippen LogP contribution >= 0.6 is 0 Å². The van der Waals surface area contributed by atoms with Crippen LogP contribution in [0.15, 0.2) is 42.7 Å². The summed E-state index contributed by atoms with van der Waals surface area (Å²) in [4.78, 5) is 8.27. The normalized spacial score (nSPS) is 11.9. The molecule has 28 heavy (non-hydrogen) atoms. The van der Waals surface area contributed by atoms with Crippen LogP contribution in [0.3, 0.4) is 0 Å². The van der Waals surface area contributed by atoms with Crippen molar-refractivity contribution in [2.45, 2.75) is 38.8 Å². The molecule has 0 aliphatic heterocycles. The second-order valence-electron chi connectivity index (χ2n) is 6.36. The van der Waals surface area contributed by atoms with E-state index < -0.39 is 0 Å². The Hall–Kier alpha value is -3.20. The van der Waals surface area contributed by atoms with Gasteiger partial charge in [-0.05, 0) is 25.0 Å². The lowest BCUT2D eigenvalue weighted by atomic mass is 10.1. The standard InChI is InChI=1S/C19H25N7O2/c1-2-6-14(9-10-27)22-18-17(11-21-19(20)23-18)28-13-15-12-26(25-24-15)16-7-4-3-5-8-16/h3-5,7-8,11-12,14,27H,2,6,9-10,13H2,1H3,(H3,20,21,22,23). The molecular weight excluding hydrogens is 358 g/mol. The number of hydrogen-bond acceptors (Lipinski definition) is 8. The van der Waals surface area contributed by atoms with Crippen LogP contribution in [0.1, 0.15) is 31.9 Å². The first-order valence-electron chi connectivity index (χ1n) is 9.29. The van der Waals surface area contributed by atoms with Crippen molar-refractivity contribution in [3.8, 4) is 11.4 Å². The molecule has 1 aromatic carbocycles. The van der Waals surface area contributed by atoms with Gasteiger partial charge in [0, 0.05) is 12.6 Å². The van der Waals surface area contributed by atoms with E-state index in [-0.39, 0.29) is 25.2 Å². The van der Waals surface area contributed by atoms with E-state index in [0.29, 0.717) is 23.7 Å². The van der Waals surface area contributed by atoms with Crippen molar-refractivity contribution < 1.29 is 9.84 Å². The van der Waals surface area contributed by atoms with E-state index in [4.69, 9.17) is 10.5 Å². The fraction of sp³-hybridized carbons (Fsp3) is 0.368. The lowest BCUT2D eigenvalue weighted by molar-refractivity contribution is 0.275. The van der Waals surface area contributed by atoms with Gasteiger partial charge in [0.2, 0.25) is 5.95 Å². The number of ether oxygens (including phenoxy) is 1. The zero-order valence-electron chi connectivity index (χ0n) is 15.8. The molecule has 9 nitrogen and oxygen atoms in total. The Morgan fingerprint density at radius 3 is 2.82 bits per heavy atom. The Balaban J connectivity index is 1.70. The maximum atomic E-state index is 9.27. The second kappa shape index (κ2) is 9.65. The van der Waals surface area contributed by atoms with Gasteiger partial charge in [-0.3, -0.25) is 0 Å². The lowest BCUT2D eigenvalue weighted by Gasteiger charge is -2.19. The second-order valence-corrected chi connectivity index (χ2v) is 6.36. The molecule has 0 aliphatic carbocycles. The van der Waals surface area contributed by atoms with E-state index in [1.165, 1.54) is 6.20 Å². The highest BCUT2D eigenvalue weighted by atomic mass is 16.5. The average molecular weight is 383 g/mol. The number of benzene rings is 1. The van der Waals surface area contributed by atoms with Crippen LogP contribution in [0, 0.1) is 0 Å². The summed E-state index contributed by atoms with van der Waals surface area (Å²) in [5, 5.41) is 20.8. The number of rotatable bonds is 10. The molecule has 3 aromatic rings. The molecule has 2 aromatic heterocycles. The van der Waals surface area contributed by atoms with Gasteiger partial charge in [-0.15, -0.1) is 5.10 Å². The maximum Gasteiger partial charge on any atom is 0.222 e. The molecule has 0 aliphatic rings. The number of nitrogens with one attached hydrogen (secondary N) is 1. The molecule has 2 heterocycles. The third-order valence-corrected chi connectivity index (χ3v) is 4.17. The number of aliphatic hydroxyl groups is 1. The predicted octanol–water partition coefficient (Wildman–Crippen LogP) is 2.18. The molecule has 9 heteroatoms. The van der Waals surface area contributed by atoms with Crippen LogP contribution in [0.5, 0.6) is 5.75 Å². The van der Waals surface area contributed by atoms with Crippen LogP contribution in [0.25, 0.3) is 5.69 Å². The minimum Gasteiger partial charge on any atom is -0.482 e. The molecule has 148 valence electrons. The highest BCUT2D eigenvalue weighted by molar-refractivity contribution is 5.51. The quantitative estimate of drug-likeness (QED) is 0.487. The van der Waals surface area contributed by atoms with Crippen LogP contribution in [-0.2, 0) is 6.61 Å². The van der Waals surface area contributed by atoms with Gasteiger partial charge in [0.05, 0.1) is 18.1 Å². The van der Waals surface area contributed by atoms with Gasteiger partial charge in [0.15, 0.2) is 11.6 Å². The van der Waals surface area contributed by atoms with Gasteiger partial charge in [-0.25, -0.2) is 9.67 Å². The van der Waals surface area contributed by atoms with E-state index in [1.54, 1.807) is 4.68 Å². The third kappa shape index (κ3) is 5.17. The Morgan fingerprint density at radius 1 is 1.25 bits per heavy atom. The van der Waals surface area contributed by atoms with Crippen molar-refractivity contribution in [1.82, 2.24) is 25.0 Å². The Kier molecular flexibility index (Phi) is 6.74. The first kappa shape index (κ1) is 19.6. The first-order valence-corrected chi connectivity index (χ1v) is 9.29. The molecule has 0 amide bonds. The number of aliphatic hydroxyl groups excluding tert-OH is 1. The number of nitrogens with zero attached hydrogens (tertiary/aromatic N) is 5. The van der Waals surface area contributed by atoms with E-state index >= 15 is 0 Å². The van der Waals surface area contributed by atoms with Crippen LogP contribution in [-0.4, -0.2) is 42.7 Å². The number of hydrogen-bond donors (Lipinski definition) is 3. The van der Waals surface area contributed by atoms with Crippen LogP contribution in [0.4, 0.5) is 11.8 Å². The van der Waals surface area contributed by atoms with Crippen LogP contribution < -0.4 is 15.8 Å². The molecule has 1 unspecified atom stereocenters. The number of anilines is 2. The zero-order chi connectivity index (χ0) is 19.8. The highest BCUT2D eigenvalue weighted by Crippen LogP contribution is 2.24. The summed E-state index contributed by atoms with van der Waals surface area (Å²) in [5.41, 5.74) is 7.33. The molecule has 0 fully saturated rings. The Labute approximate surface area is 163 Å². The molecule has 4 N–H and O–H groups in total. The SMILES string of the molecule is CCCC(CCO)Nc1nc(N)ncc1OCc1cn(-c2ccccc2)nn1. The molecule has 0 bridgehead atoms. The van der Waals surface area contributed by atoms with Gasteiger partial charge >= 0.3 is 0 Å². The summed E-state index contributed by atoms with van der Waals surface area (Å²) in [5.74, 6) is 1.14. The van der Waals surface area contributed by atoms with Crippen molar-refractivity contribution in [2.75, 3.05) is 17.7 Å². The van der Waals surface area contributed by atoms with Gasteiger partial charge in [-0.2, -0.15) is 4.98 Å². The predicted molar refractivity (Wildman–Crippen MR) is 106 cm³/mol. The molecule has 0 radical (unpaired) electrons. The van der Waals surface area contributed by atoms with Crippen molar-refractivity contribution in [3.05, 3.63) is 48.4 Å². The lowest BCUT2D eigenvalue weighted by Crippen LogP contribution is -2.22. The molecule has 0 spiro atoms. The van der Waals surface area contributed by atoms with Crippen molar-refractivity contribution in [1.29, 1.82) is 0 Å².